The van der Waals surface area contributed by atoms with E-state index in [1.54, 1.807) is 0 Å². The van der Waals surface area contributed by atoms with Crippen LogP contribution in [0.1, 0.15) is 25.1 Å². The second-order valence-corrected chi connectivity index (χ2v) is 5.25. The van der Waals surface area contributed by atoms with Crippen LogP contribution in [0.2, 0.25) is 0 Å². The Morgan fingerprint density at radius 1 is 1.25 bits per heavy atom. The Morgan fingerprint density at radius 2 is 1.94 bits per heavy atom. The molecule has 0 aliphatic heterocycles. The van der Waals surface area contributed by atoms with Gasteiger partial charge in [-0.15, -0.1) is 0 Å². The molecule has 1 N–H and O–H groups in total. The van der Waals surface area contributed by atoms with Crippen molar-refractivity contribution in [3.63, 3.8) is 0 Å². The fraction of sp³-hybridized carbons (Fsp3) is 0.429. The van der Waals surface area contributed by atoms with Crippen LogP contribution < -0.4 is 0 Å². The maximum absolute atomic E-state index is 9.86. The van der Waals surface area contributed by atoms with Crippen LogP contribution in [0, 0.1) is 6.92 Å². The summed E-state index contributed by atoms with van der Waals surface area (Å²) in [6.45, 7) is 5.79. The lowest BCUT2D eigenvalue weighted by molar-refractivity contribution is 0.0793. The van der Waals surface area contributed by atoms with Gasteiger partial charge in [0.05, 0.1) is 5.60 Å². The molecule has 0 aliphatic carbocycles. The van der Waals surface area contributed by atoms with E-state index in [4.69, 9.17) is 0 Å². The molecule has 0 saturated carbocycles. The standard InChI is InChI=1S/C14H19NO/c1-10-5-6-13-11(7-10)8-12(15(13)4)9-14(2,3)16/h5-8,16H,9H2,1-4H3. The van der Waals surface area contributed by atoms with Gasteiger partial charge in [0, 0.05) is 30.1 Å². The van der Waals surface area contributed by atoms with Crippen LogP contribution in [0.3, 0.4) is 0 Å². The number of fused-ring (bicyclic) bond motifs is 1. The summed E-state index contributed by atoms with van der Waals surface area (Å²) < 4.78 is 2.16. The Kier molecular flexibility index (Phi) is 2.55. The number of aliphatic hydroxyl groups is 1. The zero-order chi connectivity index (χ0) is 11.9. The molecular formula is C14H19NO. The summed E-state index contributed by atoms with van der Waals surface area (Å²) in [6.07, 6.45) is 0.678. The molecule has 0 amide bonds. The van der Waals surface area contributed by atoms with Gasteiger partial charge in [-0.25, -0.2) is 0 Å². The van der Waals surface area contributed by atoms with Crippen LogP contribution in [-0.4, -0.2) is 15.3 Å². The lowest BCUT2D eigenvalue weighted by atomic mass is 10.0. The molecule has 86 valence electrons. The molecule has 0 radical (unpaired) electrons. The van der Waals surface area contributed by atoms with Gasteiger partial charge in [-0.3, -0.25) is 0 Å². The first kappa shape index (κ1) is 11.2. The van der Waals surface area contributed by atoms with Gasteiger partial charge >= 0.3 is 0 Å². The van der Waals surface area contributed by atoms with Crippen LogP contribution in [0.25, 0.3) is 10.9 Å². The molecule has 0 bridgehead atoms. The minimum atomic E-state index is -0.656. The van der Waals surface area contributed by atoms with Gasteiger partial charge in [0.2, 0.25) is 0 Å². The number of rotatable bonds is 2. The predicted octanol–water partition coefficient (Wildman–Crippen LogP) is 2.80. The zero-order valence-electron chi connectivity index (χ0n) is 10.4. The maximum atomic E-state index is 9.86. The number of benzene rings is 1. The van der Waals surface area contributed by atoms with Gasteiger partial charge in [0.15, 0.2) is 0 Å². The molecule has 1 heterocycles. The highest BCUT2D eigenvalue weighted by Gasteiger charge is 2.16. The molecule has 0 unspecified atom stereocenters. The first-order valence-electron chi connectivity index (χ1n) is 5.64. The third kappa shape index (κ3) is 2.12. The van der Waals surface area contributed by atoms with E-state index in [0.29, 0.717) is 6.42 Å². The Labute approximate surface area is 96.5 Å². The van der Waals surface area contributed by atoms with Gasteiger partial charge in [-0.1, -0.05) is 11.6 Å². The highest BCUT2D eigenvalue weighted by molar-refractivity contribution is 5.82. The number of hydrogen-bond acceptors (Lipinski definition) is 1. The van der Waals surface area contributed by atoms with E-state index in [2.05, 4.69) is 42.8 Å². The molecular weight excluding hydrogens is 198 g/mol. The van der Waals surface area contributed by atoms with Gasteiger partial charge in [-0.05, 0) is 39.0 Å². The highest BCUT2D eigenvalue weighted by atomic mass is 16.3. The maximum Gasteiger partial charge on any atom is 0.0646 e. The van der Waals surface area contributed by atoms with E-state index < -0.39 is 5.60 Å². The van der Waals surface area contributed by atoms with Crippen molar-refractivity contribution >= 4 is 10.9 Å². The highest BCUT2D eigenvalue weighted by Crippen LogP contribution is 2.22. The molecule has 2 aromatic rings. The van der Waals surface area contributed by atoms with E-state index >= 15 is 0 Å². The van der Waals surface area contributed by atoms with E-state index in [9.17, 15) is 5.11 Å². The van der Waals surface area contributed by atoms with Crippen molar-refractivity contribution in [2.24, 2.45) is 7.05 Å². The number of hydrogen-bond donors (Lipinski definition) is 1. The molecule has 1 aromatic carbocycles. The summed E-state index contributed by atoms with van der Waals surface area (Å²) in [6, 6.07) is 8.61. The van der Waals surface area contributed by atoms with Crippen molar-refractivity contribution in [1.29, 1.82) is 0 Å². The quantitative estimate of drug-likeness (QED) is 0.822. The lowest BCUT2D eigenvalue weighted by Gasteiger charge is -2.17. The predicted molar refractivity (Wildman–Crippen MR) is 67.7 cm³/mol. The van der Waals surface area contributed by atoms with Crippen molar-refractivity contribution in [2.45, 2.75) is 32.8 Å². The fourth-order valence-electron chi connectivity index (χ4n) is 2.14. The smallest absolute Gasteiger partial charge is 0.0646 e. The van der Waals surface area contributed by atoms with Crippen molar-refractivity contribution in [1.82, 2.24) is 4.57 Å². The molecule has 0 aliphatic rings. The molecule has 1 aromatic heterocycles. The van der Waals surface area contributed by atoms with Gasteiger partial charge in [0.1, 0.15) is 0 Å². The minimum Gasteiger partial charge on any atom is -0.390 e. The fourth-order valence-corrected chi connectivity index (χ4v) is 2.14. The second-order valence-electron chi connectivity index (χ2n) is 5.25. The molecule has 16 heavy (non-hydrogen) atoms. The number of aromatic nitrogens is 1. The van der Waals surface area contributed by atoms with Crippen molar-refractivity contribution in [2.75, 3.05) is 0 Å². The summed E-state index contributed by atoms with van der Waals surface area (Å²) in [5.41, 5.74) is 3.02. The molecule has 2 nitrogen and oxygen atoms in total. The van der Waals surface area contributed by atoms with Crippen molar-refractivity contribution < 1.29 is 5.11 Å². The average Bonchev–Trinajstić information content (AvgIpc) is 2.40. The van der Waals surface area contributed by atoms with Crippen molar-refractivity contribution in [3.05, 3.63) is 35.5 Å². The molecule has 0 spiro atoms. The Morgan fingerprint density at radius 3 is 2.56 bits per heavy atom. The number of nitrogens with zero attached hydrogens (tertiary/aromatic N) is 1. The van der Waals surface area contributed by atoms with Crippen LogP contribution in [0.15, 0.2) is 24.3 Å². The normalized spacial score (nSPS) is 12.3. The molecule has 0 saturated heterocycles. The van der Waals surface area contributed by atoms with E-state index in [0.717, 1.165) is 0 Å². The first-order chi connectivity index (χ1) is 7.37. The Hall–Kier alpha value is -1.28. The Balaban J connectivity index is 2.52. The van der Waals surface area contributed by atoms with Gasteiger partial charge < -0.3 is 9.67 Å². The summed E-state index contributed by atoms with van der Waals surface area (Å²) in [5, 5.41) is 11.1. The minimum absolute atomic E-state index is 0.656. The SMILES string of the molecule is Cc1ccc2c(c1)cc(CC(C)(C)O)n2C. The second kappa shape index (κ2) is 3.63. The zero-order valence-corrected chi connectivity index (χ0v) is 10.4. The average molecular weight is 217 g/mol. The van der Waals surface area contributed by atoms with E-state index in [1.807, 2.05) is 13.8 Å². The summed E-state index contributed by atoms with van der Waals surface area (Å²) in [5.74, 6) is 0. The topological polar surface area (TPSA) is 25.2 Å². The van der Waals surface area contributed by atoms with Crippen LogP contribution >= 0.6 is 0 Å². The largest absolute Gasteiger partial charge is 0.390 e. The summed E-state index contributed by atoms with van der Waals surface area (Å²) >= 11 is 0. The number of aryl methyl sites for hydroxylation is 2. The van der Waals surface area contributed by atoms with E-state index in [-0.39, 0.29) is 0 Å². The summed E-state index contributed by atoms with van der Waals surface area (Å²) in [7, 11) is 2.05. The monoisotopic (exact) mass is 217 g/mol. The van der Waals surface area contributed by atoms with Gasteiger partial charge in [0.25, 0.3) is 0 Å². The van der Waals surface area contributed by atoms with Crippen LogP contribution in [0.5, 0.6) is 0 Å². The molecule has 2 rings (SSSR count). The lowest BCUT2D eigenvalue weighted by Crippen LogP contribution is -2.23. The third-order valence-electron chi connectivity index (χ3n) is 2.91. The van der Waals surface area contributed by atoms with Crippen LogP contribution in [-0.2, 0) is 13.5 Å². The molecule has 0 fully saturated rings. The third-order valence-corrected chi connectivity index (χ3v) is 2.91. The van der Waals surface area contributed by atoms with Crippen LogP contribution in [0.4, 0.5) is 0 Å². The molecule has 0 atom stereocenters. The first-order valence-corrected chi connectivity index (χ1v) is 5.64. The summed E-state index contributed by atoms with van der Waals surface area (Å²) in [4.78, 5) is 0. The molecule has 2 heteroatoms. The Bertz CT molecular complexity index is 517. The van der Waals surface area contributed by atoms with Crippen molar-refractivity contribution in [3.8, 4) is 0 Å². The van der Waals surface area contributed by atoms with Gasteiger partial charge in [-0.2, -0.15) is 0 Å². The van der Waals surface area contributed by atoms with E-state index in [1.165, 1.54) is 22.2 Å².